The lowest BCUT2D eigenvalue weighted by atomic mass is 10.1. The Morgan fingerprint density at radius 3 is 2.96 bits per heavy atom. The highest BCUT2D eigenvalue weighted by Gasteiger charge is 2.21. The molecule has 7 heteroatoms. The second kappa shape index (κ2) is 6.55. The minimum Gasteiger partial charge on any atom is -0.454 e. The zero-order valence-corrected chi connectivity index (χ0v) is 13.7. The number of hydrogen-bond acceptors (Lipinski definition) is 6. The van der Waals surface area contributed by atoms with Gasteiger partial charge >= 0.3 is 0 Å². The molecule has 1 amide bonds. The lowest BCUT2D eigenvalue weighted by Crippen LogP contribution is -2.27. The van der Waals surface area contributed by atoms with Crippen molar-refractivity contribution in [1.82, 2.24) is 10.3 Å². The van der Waals surface area contributed by atoms with Crippen LogP contribution in [0.2, 0.25) is 0 Å². The van der Waals surface area contributed by atoms with E-state index in [1.165, 1.54) is 11.3 Å². The number of aliphatic hydroxyl groups is 1. The van der Waals surface area contributed by atoms with Gasteiger partial charge in [0.25, 0.3) is 5.91 Å². The van der Waals surface area contributed by atoms with E-state index in [0.29, 0.717) is 40.2 Å². The van der Waals surface area contributed by atoms with Crippen molar-refractivity contribution in [2.24, 2.45) is 5.92 Å². The molecule has 122 valence electrons. The fourth-order valence-corrected chi connectivity index (χ4v) is 2.94. The topological polar surface area (TPSA) is 80.7 Å². The maximum atomic E-state index is 12.0. The van der Waals surface area contributed by atoms with Gasteiger partial charge in [0.15, 0.2) is 11.5 Å². The summed E-state index contributed by atoms with van der Waals surface area (Å²) in [6.07, 6.45) is -0.902. The van der Waals surface area contributed by atoms with E-state index in [9.17, 15) is 9.90 Å². The predicted octanol–water partition coefficient (Wildman–Crippen LogP) is 2.34. The van der Waals surface area contributed by atoms with E-state index in [1.54, 1.807) is 23.6 Å². The Hall–Kier alpha value is -2.12. The predicted molar refractivity (Wildman–Crippen MR) is 85.9 cm³/mol. The molecular weight excluding hydrogens is 316 g/mol. The first kappa shape index (κ1) is 15.8. The van der Waals surface area contributed by atoms with Crippen LogP contribution in [0.1, 0.15) is 41.0 Å². The van der Waals surface area contributed by atoms with Crippen molar-refractivity contribution in [3.05, 3.63) is 39.8 Å². The molecule has 1 aliphatic heterocycles. The Morgan fingerprint density at radius 2 is 2.17 bits per heavy atom. The van der Waals surface area contributed by atoms with Gasteiger partial charge in [0.2, 0.25) is 6.79 Å². The lowest BCUT2D eigenvalue weighted by Gasteiger charge is -2.09. The number of hydrogen-bond donors (Lipinski definition) is 2. The minimum atomic E-state index is -0.902. The van der Waals surface area contributed by atoms with Crippen molar-refractivity contribution < 1.29 is 19.4 Å². The Kier molecular flexibility index (Phi) is 4.49. The van der Waals surface area contributed by atoms with Crippen molar-refractivity contribution in [2.75, 3.05) is 13.3 Å². The first-order valence-corrected chi connectivity index (χ1v) is 8.24. The van der Waals surface area contributed by atoms with Crippen LogP contribution in [0.4, 0.5) is 0 Å². The van der Waals surface area contributed by atoms with Gasteiger partial charge in [-0.1, -0.05) is 19.9 Å². The van der Waals surface area contributed by atoms with Crippen molar-refractivity contribution >= 4 is 17.2 Å². The summed E-state index contributed by atoms with van der Waals surface area (Å²) in [7, 11) is 0. The molecule has 1 unspecified atom stereocenters. The van der Waals surface area contributed by atoms with Gasteiger partial charge < -0.3 is 19.9 Å². The van der Waals surface area contributed by atoms with Gasteiger partial charge in [-0.3, -0.25) is 4.79 Å². The zero-order valence-electron chi connectivity index (χ0n) is 12.9. The van der Waals surface area contributed by atoms with Gasteiger partial charge in [-0.25, -0.2) is 4.98 Å². The largest absolute Gasteiger partial charge is 0.454 e. The Bertz CT molecular complexity index is 714. The number of carbonyl (C=O) groups excluding carboxylic acids is 1. The van der Waals surface area contributed by atoms with Crippen LogP contribution >= 0.6 is 11.3 Å². The highest BCUT2D eigenvalue weighted by Crippen LogP contribution is 2.36. The molecule has 23 heavy (non-hydrogen) atoms. The van der Waals surface area contributed by atoms with E-state index in [4.69, 9.17) is 9.47 Å². The summed E-state index contributed by atoms with van der Waals surface area (Å²) in [5, 5.41) is 15.4. The molecule has 2 N–H and O–H groups in total. The van der Waals surface area contributed by atoms with Crippen molar-refractivity contribution in [3.63, 3.8) is 0 Å². The van der Waals surface area contributed by atoms with Gasteiger partial charge in [-0.2, -0.15) is 0 Å². The quantitative estimate of drug-likeness (QED) is 0.877. The summed E-state index contributed by atoms with van der Waals surface area (Å²) in [6.45, 7) is 4.83. The highest BCUT2D eigenvalue weighted by molar-refractivity contribution is 7.09. The standard InChI is InChI=1S/C16H18N2O4S/c1-9(2)6-17-15(20)11-7-23-16(18-11)14(19)10-3-4-12-13(5-10)22-8-21-12/h3-5,7,9,14,19H,6,8H2,1-2H3,(H,17,20). The monoisotopic (exact) mass is 334 g/mol. The molecule has 0 saturated heterocycles. The molecule has 0 fully saturated rings. The molecule has 0 aliphatic carbocycles. The van der Waals surface area contributed by atoms with Gasteiger partial charge in [0, 0.05) is 11.9 Å². The third-order valence-corrected chi connectivity index (χ3v) is 4.27. The smallest absolute Gasteiger partial charge is 0.270 e. The Balaban J connectivity index is 1.73. The summed E-state index contributed by atoms with van der Waals surface area (Å²) in [5.74, 6) is 1.41. The summed E-state index contributed by atoms with van der Waals surface area (Å²) in [4.78, 5) is 16.2. The Morgan fingerprint density at radius 1 is 1.39 bits per heavy atom. The second-order valence-corrected chi connectivity index (χ2v) is 6.58. The van der Waals surface area contributed by atoms with E-state index < -0.39 is 6.10 Å². The van der Waals surface area contributed by atoms with Crippen LogP contribution in [0, 0.1) is 5.92 Å². The van der Waals surface area contributed by atoms with E-state index in [2.05, 4.69) is 10.3 Å². The number of benzene rings is 1. The molecule has 0 spiro atoms. The maximum absolute atomic E-state index is 12.0. The number of nitrogens with zero attached hydrogens (tertiary/aromatic N) is 1. The van der Waals surface area contributed by atoms with Crippen LogP contribution in [0.3, 0.4) is 0 Å². The van der Waals surface area contributed by atoms with Crippen molar-refractivity contribution in [2.45, 2.75) is 20.0 Å². The number of thiazole rings is 1. The molecule has 2 aromatic rings. The average Bonchev–Trinajstić information content (AvgIpc) is 3.19. The molecule has 6 nitrogen and oxygen atoms in total. The van der Waals surface area contributed by atoms with Crippen LogP contribution in [0.5, 0.6) is 11.5 Å². The molecule has 1 aliphatic rings. The number of carbonyl (C=O) groups is 1. The van der Waals surface area contributed by atoms with E-state index in [1.807, 2.05) is 13.8 Å². The number of aliphatic hydroxyl groups excluding tert-OH is 1. The molecule has 2 heterocycles. The normalized spacial score (nSPS) is 14.1. The van der Waals surface area contributed by atoms with Gasteiger partial charge in [-0.05, 0) is 23.6 Å². The highest BCUT2D eigenvalue weighted by atomic mass is 32.1. The molecular formula is C16H18N2O4S. The fraction of sp³-hybridized carbons (Fsp3) is 0.375. The number of nitrogens with one attached hydrogen (secondary N) is 1. The third-order valence-electron chi connectivity index (χ3n) is 3.37. The molecule has 0 radical (unpaired) electrons. The number of amides is 1. The fourth-order valence-electron chi connectivity index (χ4n) is 2.13. The van der Waals surface area contributed by atoms with Crippen LogP contribution < -0.4 is 14.8 Å². The van der Waals surface area contributed by atoms with Gasteiger partial charge in [-0.15, -0.1) is 11.3 Å². The lowest BCUT2D eigenvalue weighted by molar-refractivity contribution is 0.0944. The molecule has 1 atom stereocenters. The summed E-state index contributed by atoms with van der Waals surface area (Å²) < 4.78 is 10.6. The first-order chi connectivity index (χ1) is 11.0. The van der Waals surface area contributed by atoms with Crippen LogP contribution in [0.25, 0.3) is 0 Å². The number of fused-ring (bicyclic) bond motifs is 1. The van der Waals surface area contributed by atoms with Gasteiger partial charge in [0.05, 0.1) is 0 Å². The molecule has 1 aromatic heterocycles. The van der Waals surface area contributed by atoms with Gasteiger partial charge in [0.1, 0.15) is 16.8 Å². The summed E-state index contributed by atoms with van der Waals surface area (Å²) in [6, 6.07) is 5.25. The number of aromatic nitrogens is 1. The van der Waals surface area contributed by atoms with E-state index in [-0.39, 0.29) is 12.7 Å². The molecule has 0 bridgehead atoms. The van der Waals surface area contributed by atoms with Crippen molar-refractivity contribution in [3.8, 4) is 11.5 Å². The molecule has 0 saturated carbocycles. The summed E-state index contributed by atoms with van der Waals surface area (Å²) in [5.41, 5.74) is 0.975. The Labute approximate surface area is 138 Å². The van der Waals surface area contributed by atoms with Crippen LogP contribution in [0.15, 0.2) is 23.6 Å². The second-order valence-electron chi connectivity index (χ2n) is 5.69. The van der Waals surface area contributed by atoms with E-state index >= 15 is 0 Å². The van der Waals surface area contributed by atoms with Crippen LogP contribution in [-0.2, 0) is 0 Å². The SMILES string of the molecule is CC(C)CNC(=O)c1csc(C(O)c2ccc3c(c2)OCO3)n1. The van der Waals surface area contributed by atoms with Crippen LogP contribution in [-0.4, -0.2) is 29.3 Å². The van der Waals surface area contributed by atoms with E-state index in [0.717, 1.165) is 0 Å². The number of ether oxygens (including phenoxy) is 2. The average molecular weight is 334 g/mol. The third kappa shape index (κ3) is 3.46. The molecule has 1 aromatic carbocycles. The number of rotatable bonds is 5. The first-order valence-electron chi connectivity index (χ1n) is 7.36. The maximum Gasteiger partial charge on any atom is 0.270 e. The summed E-state index contributed by atoms with van der Waals surface area (Å²) >= 11 is 1.25. The van der Waals surface area contributed by atoms with Crippen molar-refractivity contribution in [1.29, 1.82) is 0 Å². The molecule has 3 rings (SSSR count). The minimum absolute atomic E-state index is 0.187. The zero-order chi connectivity index (χ0) is 16.4.